The van der Waals surface area contributed by atoms with Crippen LogP contribution in [0.5, 0.6) is 0 Å². The lowest BCUT2D eigenvalue weighted by atomic mass is 9.97. The summed E-state index contributed by atoms with van der Waals surface area (Å²) in [5.74, 6) is 0. The first-order valence-corrected chi connectivity index (χ1v) is 23.4. The van der Waals surface area contributed by atoms with E-state index in [1.807, 2.05) is 0 Å². The van der Waals surface area contributed by atoms with Crippen molar-refractivity contribution in [3.8, 4) is 0 Å². The zero-order valence-electron chi connectivity index (χ0n) is 34.7. The Bertz CT molecular complexity index is 2690. The van der Waals surface area contributed by atoms with Crippen molar-refractivity contribution in [1.82, 2.24) is 5.32 Å². The van der Waals surface area contributed by atoms with Gasteiger partial charge < -0.3 is 13.7 Å². The lowest BCUT2D eigenvalue weighted by Crippen LogP contribution is -2.35. The number of benzene rings is 8. The van der Waals surface area contributed by atoms with Crippen molar-refractivity contribution in [1.29, 1.82) is 0 Å². The van der Waals surface area contributed by atoms with Crippen LogP contribution < -0.4 is 9.99 Å². The standard InChI is InChI=1S/C38H32NO2P.C18H21N/c1-3-15-29(16-4-1)38(30-17-5-2-6-18-30)39(31-19-9-10-20-31)42-40-34-25-23-27-13-7-11-21-32(27)36(34)37-33-22-12-8-14-28(33)24-26-35(37)41-42;1-3-9-15(10-4-1)18(16-11-5-2-6-12-16)19-17-13-7-8-14-17/h1-8,11-18,21-26,31,38H,9-10,19-20H2;1-6,9-12,17-19H,7-8,13-14H2. The lowest BCUT2D eigenvalue weighted by Gasteiger charge is -2.34. The van der Waals surface area contributed by atoms with Crippen LogP contribution >= 0.6 is 8.16 Å². The fourth-order valence-corrected chi connectivity index (χ4v) is 11.7. The van der Waals surface area contributed by atoms with E-state index in [0.29, 0.717) is 18.1 Å². The van der Waals surface area contributed by atoms with E-state index in [4.69, 9.17) is 8.39 Å². The van der Waals surface area contributed by atoms with Crippen LogP contribution in [0.4, 0.5) is 0 Å². The van der Waals surface area contributed by atoms with Gasteiger partial charge in [-0.1, -0.05) is 208 Å². The van der Waals surface area contributed by atoms with Crippen molar-refractivity contribution in [2.75, 3.05) is 4.67 Å². The van der Waals surface area contributed by atoms with Crippen LogP contribution in [-0.4, -0.2) is 12.1 Å². The van der Waals surface area contributed by atoms with Gasteiger partial charge in [0.2, 0.25) is 0 Å². The zero-order valence-corrected chi connectivity index (χ0v) is 35.5. The summed E-state index contributed by atoms with van der Waals surface area (Å²) in [7, 11) is -1.51. The molecule has 304 valence electrons. The second-order valence-corrected chi connectivity index (χ2v) is 18.0. The maximum atomic E-state index is 7.16. The third-order valence-corrected chi connectivity index (χ3v) is 14.4. The van der Waals surface area contributed by atoms with E-state index >= 15 is 0 Å². The second kappa shape index (κ2) is 18.4. The van der Waals surface area contributed by atoms with Crippen LogP contribution in [-0.2, 0) is 0 Å². The molecule has 4 nitrogen and oxygen atoms in total. The highest BCUT2D eigenvalue weighted by Crippen LogP contribution is 2.49. The molecule has 0 spiro atoms. The second-order valence-electron chi connectivity index (χ2n) is 16.7. The van der Waals surface area contributed by atoms with Crippen molar-refractivity contribution >= 4 is 51.6 Å². The van der Waals surface area contributed by atoms with E-state index < -0.39 is 8.16 Å². The first kappa shape index (κ1) is 39.2. The minimum Gasteiger partial charge on any atom is -0.408 e. The predicted molar refractivity (Wildman–Crippen MR) is 257 cm³/mol. The molecule has 0 bridgehead atoms. The number of hydrogen-bond acceptors (Lipinski definition) is 4. The van der Waals surface area contributed by atoms with E-state index in [1.165, 1.54) is 82.3 Å². The molecule has 0 saturated heterocycles. The maximum absolute atomic E-state index is 7.16. The van der Waals surface area contributed by atoms with E-state index in [2.05, 4.69) is 204 Å². The van der Waals surface area contributed by atoms with E-state index in [9.17, 15) is 0 Å². The topological polar surface area (TPSA) is 41.5 Å². The Morgan fingerprint density at radius 3 is 1.28 bits per heavy atom. The third kappa shape index (κ3) is 8.42. The van der Waals surface area contributed by atoms with Gasteiger partial charge in [0.05, 0.1) is 12.1 Å². The Balaban J connectivity index is 0.000000196. The molecule has 2 aliphatic rings. The Labute approximate surface area is 360 Å². The number of nitrogens with one attached hydrogen (secondary N) is 1. The maximum Gasteiger partial charge on any atom is 0.310 e. The smallest absolute Gasteiger partial charge is 0.310 e. The Hall–Kier alpha value is -5.90. The first-order chi connectivity index (χ1) is 30.3. The quantitative estimate of drug-likeness (QED) is 0.158. The van der Waals surface area contributed by atoms with Crippen LogP contribution in [0, 0.1) is 0 Å². The molecule has 11 rings (SSSR count). The monoisotopic (exact) mass is 816 g/mol. The molecule has 5 heteroatoms. The lowest BCUT2D eigenvalue weighted by molar-refractivity contribution is 0.479. The summed E-state index contributed by atoms with van der Waals surface area (Å²) < 4.78 is 16.9. The summed E-state index contributed by atoms with van der Waals surface area (Å²) >= 11 is 0. The van der Waals surface area contributed by atoms with Gasteiger partial charge in [-0.3, -0.25) is 0 Å². The van der Waals surface area contributed by atoms with Gasteiger partial charge in [-0.25, -0.2) is 0 Å². The molecule has 9 aromatic rings. The summed E-state index contributed by atoms with van der Waals surface area (Å²) in [6.45, 7) is 0. The van der Waals surface area contributed by atoms with E-state index in [0.717, 1.165) is 34.8 Å². The average molecular weight is 817 g/mol. The van der Waals surface area contributed by atoms with Gasteiger partial charge in [0.1, 0.15) is 11.2 Å². The Morgan fingerprint density at radius 2 is 0.820 bits per heavy atom. The molecule has 1 heterocycles. The van der Waals surface area contributed by atoms with Crippen molar-refractivity contribution in [3.05, 3.63) is 216 Å². The van der Waals surface area contributed by atoms with Gasteiger partial charge in [0.15, 0.2) is 0 Å². The highest BCUT2D eigenvalue weighted by Gasteiger charge is 2.36. The summed E-state index contributed by atoms with van der Waals surface area (Å²) in [5.41, 5.74) is 7.01. The average Bonchev–Trinajstić information content (AvgIpc) is 4.04. The Morgan fingerprint density at radius 1 is 0.426 bits per heavy atom. The summed E-state index contributed by atoms with van der Waals surface area (Å²) in [6, 6.07) is 70.6. The molecule has 2 saturated carbocycles. The molecular weight excluding hydrogens is 764 g/mol. The zero-order chi connectivity index (χ0) is 40.8. The molecule has 0 unspecified atom stereocenters. The number of nitrogens with zero attached hydrogens (tertiary/aromatic N) is 1. The van der Waals surface area contributed by atoms with Crippen molar-refractivity contribution in [2.24, 2.45) is 0 Å². The molecule has 8 aromatic carbocycles. The molecule has 1 aromatic heterocycles. The van der Waals surface area contributed by atoms with Gasteiger partial charge >= 0.3 is 8.16 Å². The van der Waals surface area contributed by atoms with Crippen LogP contribution in [0.1, 0.15) is 85.7 Å². The number of fused-ring (bicyclic) bond motifs is 7. The highest BCUT2D eigenvalue weighted by molar-refractivity contribution is 7.39. The molecule has 1 N–H and O–H groups in total. The first-order valence-electron chi connectivity index (χ1n) is 22.2. The van der Waals surface area contributed by atoms with Crippen molar-refractivity contribution in [2.45, 2.75) is 75.5 Å². The van der Waals surface area contributed by atoms with Crippen LogP contribution in [0.15, 0.2) is 203 Å². The molecule has 2 fully saturated rings. The normalized spacial score (nSPS) is 14.7. The molecule has 61 heavy (non-hydrogen) atoms. The molecule has 0 aliphatic heterocycles. The minimum atomic E-state index is -1.51. The molecule has 2 aliphatic carbocycles. The van der Waals surface area contributed by atoms with Gasteiger partial charge in [-0.15, -0.1) is 0 Å². The Kier molecular flexibility index (Phi) is 11.8. The summed E-state index contributed by atoms with van der Waals surface area (Å²) in [5, 5.41) is 10.8. The fraction of sp³-hybridized carbons (Fsp3) is 0.214. The van der Waals surface area contributed by atoms with Gasteiger partial charge in [-0.2, -0.15) is 4.67 Å². The largest absolute Gasteiger partial charge is 0.408 e. The van der Waals surface area contributed by atoms with Crippen LogP contribution in [0.2, 0.25) is 0 Å². The van der Waals surface area contributed by atoms with Crippen molar-refractivity contribution < 1.29 is 8.39 Å². The molecule has 0 atom stereocenters. The van der Waals surface area contributed by atoms with Gasteiger partial charge in [0.25, 0.3) is 0 Å². The van der Waals surface area contributed by atoms with Crippen molar-refractivity contribution in [3.63, 3.8) is 0 Å². The van der Waals surface area contributed by atoms with Crippen LogP contribution in [0.3, 0.4) is 0 Å². The SMILES string of the molecule is c1ccc(C(NC2CCCC2)c2ccccc2)cc1.c1ccc(C(c2ccccc2)N(C2CCCC2)p2oc3ccc4ccccc4c3c3c(ccc4ccccc43)o2)cc1. The minimum absolute atomic E-state index is 0.00697. The summed E-state index contributed by atoms with van der Waals surface area (Å²) in [4.78, 5) is 0. The third-order valence-electron chi connectivity index (χ3n) is 12.8. The molecular formula is C56H53N2O2P. The molecule has 0 amide bonds. The number of rotatable bonds is 9. The van der Waals surface area contributed by atoms with Gasteiger partial charge in [0, 0.05) is 22.9 Å². The molecule has 0 radical (unpaired) electrons. The van der Waals surface area contributed by atoms with E-state index in [1.54, 1.807) is 0 Å². The van der Waals surface area contributed by atoms with E-state index in [-0.39, 0.29) is 6.04 Å². The highest BCUT2D eigenvalue weighted by atomic mass is 31.1. The van der Waals surface area contributed by atoms with Crippen LogP contribution in [0.25, 0.3) is 43.5 Å². The predicted octanol–water partition coefficient (Wildman–Crippen LogP) is 15.6. The number of hydrogen-bond donors (Lipinski definition) is 1. The summed E-state index contributed by atoms with van der Waals surface area (Å²) in [6.07, 6.45) is 10.1. The van der Waals surface area contributed by atoms with Gasteiger partial charge in [-0.05, 0) is 81.6 Å². The fourth-order valence-electron chi connectivity index (χ4n) is 9.83.